The normalized spacial score (nSPS) is 17.5. The van der Waals surface area contributed by atoms with Gasteiger partial charge in [0.05, 0.1) is 17.7 Å². The SMILES string of the molecule is CNC(=O)c1ccn([C@H]2CCCN(CCOc3cccc(C#N)c3)C2)n1. The Morgan fingerprint density at radius 2 is 2.35 bits per heavy atom. The number of nitrogens with one attached hydrogen (secondary N) is 1. The predicted molar refractivity (Wildman–Crippen MR) is 97.0 cm³/mol. The highest BCUT2D eigenvalue weighted by Crippen LogP contribution is 2.21. The van der Waals surface area contributed by atoms with Crippen molar-refractivity contribution in [1.82, 2.24) is 20.0 Å². The third-order valence-electron chi connectivity index (χ3n) is 4.56. The first-order valence-corrected chi connectivity index (χ1v) is 8.82. The number of likely N-dealkylation sites (tertiary alicyclic amines) is 1. The zero-order valence-electron chi connectivity index (χ0n) is 14.9. The first kappa shape index (κ1) is 18.0. The largest absolute Gasteiger partial charge is 0.492 e. The van der Waals surface area contributed by atoms with Gasteiger partial charge in [-0.2, -0.15) is 10.4 Å². The summed E-state index contributed by atoms with van der Waals surface area (Å²) in [7, 11) is 1.61. The molecule has 2 heterocycles. The Morgan fingerprint density at radius 1 is 1.46 bits per heavy atom. The van der Waals surface area contributed by atoms with Gasteiger partial charge in [0, 0.05) is 26.3 Å². The number of carbonyl (C=O) groups excluding carboxylic acids is 1. The summed E-state index contributed by atoms with van der Waals surface area (Å²) in [6, 6.07) is 11.3. The van der Waals surface area contributed by atoms with Gasteiger partial charge in [0.25, 0.3) is 5.91 Å². The summed E-state index contributed by atoms with van der Waals surface area (Å²) in [4.78, 5) is 14.0. The van der Waals surface area contributed by atoms with E-state index in [1.54, 1.807) is 25.2 Å². The summed E-state index contributed by atoms with van der Waals surface area (Å²) in [6.07, 6.45) is 4.02. The number of benzene rings is 1. The van der Waals surface area contributed by atoms with Crippen LogP contribution in [-0.4, -0.2) is 53.9 Å². The van der Waals surface area contributed by atoms with Crippen LogP contribution >= 0.6 is 0 Å². The fourth-order valence-corrected chi connectivity index (χ4v) is 3.19. The fraction of sp³-hybridized carbons (Fsp3) is 0.421. The van der Waals surface area contributed by atoms with Crippen LogP contribution in [0.25, 0.3) is 0 Å². The molecule has 1 aromatic carbocycles. The molecule has 0 aliphatic carbocycles. The molecule has 0 saturated carbocycles. The molecule has 1 aromatic heterocycles. The maximum atomic E-state index is 11.7. The summed E-state index contributed by atoms with van der Waals surface area (Å²) in [5.74, 6) is 0.560. The minimum Gasteiger partial charge on any atom is -0.492 e. The van der Waals surface area contributed by atoms with Gasteiger partial charge in [-0.15, -0.1) is 0 Å². The van der Waals surface area contributed by atoms with Crippen LogP contribution in [-0.2, 0) is 0 Å². The van der Waals surface area contributed by atoms with E-state index >= 15 is 0 Å². The number of nitrogens with zero attached hydrogens (tertiary/aromatic N) is 4. The van der Waals surface area contributed by atoms with Gasteiger partial charge in [0.2, 0.25) is 0 Å². The summed E-state index contributed by atoms with van der Waals surface area (Å²) in [6.45, 7) is 3.30. The number of piperidine rings is 1. The number of rotatable bonds is 6. The summed E-state index contributed by atoms with van der Waals surface area (Å²) in [5, 5.41) is 15.9. The van der Waals surface area contributed by atoms with Crippen LogP contribution in [0.3, 0.4) is 0 Å². The van der Waals surface area contributed by atoms with Gasteiger partial charge in [-0.05, 0) is 43.7 Å². The van der Waals surface area contributed by atoms with Crippen molar-refractivity contribution in [1.29, 1.82) is 5.26 Å². The molecular formula is C19H23N5O2. The molecule has 7 nitrogen and oxygen atoms in total. The minimum absolute atomic E-state index is 0.163. The fourth-order valence-electron chi connectivity index (χ4n) is 3.19. The number of ether oxygens (including phenoxy) is 1. The van der Waals surface area contributed by atoms with Crippen LogP contribution in [0.4, 0.5) is 0 Å². The minimum atomic E-state index is -0.163. The molecule has 0 bridgehead atoms. The van der Waals surface area contributed by atoms with Crippen molar-refractivity contribution in [3.63, 3.8) is 0 Å². The first-order valence-electron chi connectivity index (χ1n) is 8.82. The molecular weight excluding hydrogens is 330 g/mol. The molecule has 1 fully saturated rings. The van der Waals surface area contributed by atoms with Crippen LogP contribution in [0.5, 0.6) is 5.75 Å². The lowest BCUT2D eigenvalue weighted by Crippen LogP contribution is -2.39. The highest BCUT2D eigenvalue weighted by molar-refractivity contribution is 5.91. The van der Waals surface area contributed by atoms with Crippen LogP contribution in [0.1, 0.15) is 34.9 Å². The van der Waals surface area contributed by atoms with Crippen molar-refractivity contribution in [2.75, 3.05) is 33.3 Å². The van der Waals surface area contributed by atoms with E-state index in [2.05, 4.69) is 21.4 Å². The van der Waals surface area contributed by atoms with Gasteiger partial charge in [-0.3, -0.25) is 14.4 Å². The van der Waals surface area contributed by atoms with Gasteiger partial charge in [-0.25, -0.2) is 0 Å². The van der Waals surface area contributed by atoms with E-state index in [0.717, 1.165) is 38.2 Å². The average Bonchev–Trinajstić information content (AvgIpc) is 3.18. The van der Waals surface area contributed by atoms with Crippen molar-refractivity contribution >= 4 is 5.91 Å². The second kappa shape index (κ2) is 8.50. The molecule has 3 rings (SSSR count). The summed E-state index contributed by atoms with van der Waals surface area (Å²) in [5.41, 5.74) is 1.05. The molecule has 1 aliphatic rings. The number of aromatic nitrogens is 2. The Bertz CT molecular complexity index is 795. The van der Waals surface area contributed by atoms with E-state index < -0.39 is 0 Å². The second-order valence-corrected chi connectivity index (χ2v) is 6.34. The molecule has 1 saturated heterocycles. The third kappa shape index (κ3) is 4.41. The number of amides is 1. The number of nitriles is 1. The Hall–Kier alpha value is -2.85. The Morgan fingerprint density at radius 3 is 3.15 bits per heavy atom. The Labute approximate surface area is 153 Å². The standard InChI is InChI=1S/C19H23N5O2/c1-21-19(25)18-7-9-24(22-18)16-5-3-8-23(14-16)10-11-26-17-6-2-4-15(12-17)13-20/h2,4,6-7,9,12,16H,3,5,8,10-11,14H2,1H3,(H,21,25)/t16-/m0/s1. The lowest BCUT2D eigenvalue weighted by Gasteiger charge is -2.32. The molecule has 0 spiro atoms. The van der Waals surface area contributed by atoms with Crippen molar-refractivity contribution in [2.45, 2.75) is 18.9 Å². The van der Waals surface area contributed by atoms with Gasteiger partial charge >= 0.3 is 0 Å². The lowest BCUT2D eigenvalue weighted by atomic mass is 10.1. The number of carbonyl (C=O) groups is 1. The highest BCUT2D eigenvalue weighted by Gasteiger charge is 2.22. The van der Waals surface area contributed by atoms with Crippen LogP contribution in [0, 0.1) is 11.3 Å². The average molecular weight is 353 g/mol. The van der Waals surface area contributed by atoms with Crippen LogP contribution in [0.2, 0.25) is 0 Å². The maximum absolute atomic E-state index is 11.7. The van der Waals surface area contributed by atoms with E-state index in [0.29, 0.717) is 17.9 Å². The van der Waals surface area contributed by atoms with Crippen molar-refractivity contribution in [2.24, 2.45) is 0 Å². The van der Waals surface area contributed by atoms with Crippen molar-refractivity contribution in [3.8, 4) is 11.8 Å². The van der Waals surface area contributed by atoms with Gasteiger partial charge in [0.15, 0.2) is 0 Å². The van der Waals surface area contributed by atoms with E-state index in [9.17, 15) is 4.79 Å². The Balaban J connectivity index is 1.51. The van der Waals surface area contributed by atoms with E-state index in [1.807, 2.05) is 23.0 Å². The predicted octanol–water partition coefficient (Wildman–Crippen LogP) is 1.83. The topological polar surface area (TPSA) is 83.2 Å². The van der Waals surface area contributed by atoms with Gasteiger partial charge < -0.3 is 10.1 Å². The number of hydrogen-bond donors (Lipinski definition) is 1. The van der Waals surface area contributed by atoms with Crippen LogP contribution < -0.4 is 10.1 Å². The molecule has 1 amide bonds. The zero-order chi connectivity index (χ0) is 18.4. The van der Waals surface area contributed by atoms with Crippen molar-refractivity contribution in [3.05, 3.63) is 47.8 Å². The first-order chi connectivity index (χ1) is 12.7. The van der Waals surface area contributed by atoms with Gasteiger partial charge in [0.1, 0.15) is 18.1 Å². The molecule has 7 heteroatoms. The molecule has 136 valence electrons. The molecule has 0 unspecified atom stereocenters. The van der Waals surface area contributed by atoms with E-state index in [4.69, 9.17) is 10.00 Å². The monoisotopic (exact) mass is 353 g/mol. The van der Waals surface area contributed by atoms with E-state index in [-0.39, 0.29) is 11.9 Å². The third-order valence-corrected chi connectivity index (χ3v) is 4.56. The highest BCUT2D eigenvalue weighted by atomic mass is 16.5. The summed E-state index contributed by atoms with van der Waals surface area (Å²) < 4.78 is 7.67. The molecule has 1 aliphatic heterocycles. The van der Waals surface area contributed by atoms with Crippen LogP contribution in [0.15, 0.2) is 36.5 Å². The molecule has 26 heavy (non-hydrogen) atoms. The zero-order valence-corrected chi connectivity index (χ0v) is 14.9. The molecule has 1 N–H and O–H groups in total. The molecule has 1 atom stereocenters. The molecule has 2 aromatic rings. The van der Waals surface area contributed by atoms with Gasteiger partial charge in [-0.1, -0.05) is 6.07 Å². The second-order valence-electron chi connectivity index (χ2n) is 6.34. The van der Waals surface area contributed by atoms with Crippen molar-refractivity contribution < 1.29 is 9.53 Å². The Kier molecular flexibility index (Phi) is 5.87. The smallest absolute Gasteiger partial charge is 0.271 e. The number of hydrogen-bond acceptors (Lipinski definition) is 5. The van der Waals surface area contributed by atoms with E-state index in [1.165, 1.54) is 0 Å². The summed E-state index contributed by atoms with van der Waals surface area (Å²) >= 11 is 0. The maximum Gasteiger partial charge on any atom is 0.271 e. The quantitative estimate of drug-likeness (QED) is 0.857. The molecule has 0 radical (unpaired) electrons. The lowest BCUT2D eigenvalue weighted by molar-refractivity contribution is 0.0955.